The van der Waals surface area contributed by atoms with Crippen molar-refractivity contribution in [3.8, 4) is 5.75 Å². The highest BCUT2D eigenvalue weighted by molar-refractivity contribution is 7.84. The van der Waals surface area contributed by atoms with E-state index in [-0.39, 0.29) is 24.4 Å². The van der Waals surface area contributed by atoms with E-state index in [1.54, 1.807) is 37.4 Å². The number of nitrogens with one attached hydrogen (secondary N) is 1. The summed E-state index contributed by atoms with van der Waals surface area (Å²) in [5.41, 5.74) is 5.92. The smallest absolute Gasteiger partial charge is 0.258 e. The molecule has 1 aromatic rings. The fourth-order valence-corrected chi connectivity index (χ4v) is 2.50. The van der Waals surface area contributed by atoms with Gasteiger partial charge in [-0.25, -0.2) is 0 Å². The van der Waals surface area contributed by atoms with E-state index in [1.165, 1.54) is 0 Å². The second-order valence-corrected chi connectivity index (χ2v) is 5.96. The van der Waals surface area contributed by atoms with Gasteiger partial charge in [0.1, 0.15) is 5.75 Å². The van der Waals surface area contributed by atoms with Crippen LogP contribution in [0.25, 0.3) is 0 Å². The Hall–Kier alpha value is -2.09. The summed E-state index contributed by atoms with van der Waals surface area (Å²) in [6, 6.07) is 6.45. The maximum atomic E-state index is 11.7. The van der Waals surface area contributed by atoms with Gasteiger partial charge in [0, 0.05) is 28.9 Å². The Balaban J connectivity index is 2.60. The summed E-state index contributed by atoms with van der Waals surface area (Å²) in [4.78, 5) is 11.7. The third-order valence-electron chi connectivity index (χ3n) is 2.52. The zero-order valence-electron chi connectivity index (χ0n) is 11.9. The molecule has 4 N–H and O–H groups in total. The highest BCUT2D eigenvalue weighted by atomic mass is 32.2. The van der Waals surface area contributed by atoms with Crippen LogP contribution in [0.3, 0.4) is 0 Å². The molecule has 2 atom stereocenters. The molecule has 0 aliphatic carbocycles. The molecule has 0 heterocycles. The highest BCUT2D eigenvalue weighted by Crippen LogP contribution is 2.17. The number of amidine groups is 1. The van der Waals surface area contributed by atoms with Gasteiger partial charge in [-0.15, -0.1) is 0 Å². The molecule has 116 valence electrons. The van der Waals surface area contributed by atoms with Gasteiger partial charge >= 0.3 is 0 Å². The van der Waals surface area contributed by atoms with Crippen molar-refractivity contribution in [1.82, 2.24) is 5.32 Å². The van der Waals surface area contributed by atoms with E-state index >= 15 is 0 Å². The van der Waals surface area contributed by atoms with Crippen LogP contribution >= 0.6 is 0 Å². The lowest BCUT2D eigenvalue weighted by Crippen LogP contribution is -2.39. The number of carbonyl (C=O) groups is 1. The molecule has 0 aromatic heterocycles. The van der Waals surface area contributed by atoms with Gasteiger partial charge in [0.05, 0.1) is 5.56 Å². The summed E-state index contributed by atoms with van der Waals surface area (Å²) >= 11 is 0. The molecule has 0 radical (unpaired) electrons. The van der Waals surface area contributed by atoms with E-state index in [4.69, 9.17) is 15.7 Å². The first-order valence-electron chi connectivity index (χ1n) is 6.23. The van der Waals surface area contributed by atoms with Gasteiger partial charge in [0.15, 0.2) is 12.4 Å². The maximum absolute atomic E-state index is 11.7. The average Bonchev–Trinajstić information content (AvgIpc) is 2.43. The van der Waals surface area contributed by atoms with Crippen LogP contribution in [0.2, 0.25) is 0 Å². The van der Waals surface area contributed by atoms with Crippen LogP contribution in [0.5, 0.6) is 5.75 Å². The summed E-state index contributed by atoms with van der Waals surface area (Å²) in [7, 11) is -0.979. The van der Waals surface area contributed by atoms with Gasteiger partial charge in [0.25, 0.3) is 5.91 Å². The SMILES string of the molecule is CC(CS(C)=O)NC(=O)COc1ccccc1/C(N)=N/O. The number of rotatable bonds is 7. The fourth-order valence-electron chi connectivity index (χ4n) is 1.71. The molecule has 1 rings (SSSR count). The van der Waals surface area contributed by atoms with Gasteiger partial charge in [-0.05, 0) is 19.1 Å². The van der Waals surface area contributed by atoms with Crippen molar-refractivity contribution >= 4 is 22.5 Å². The Labute approximate surface area is 125 Å². The van der Waals surface area contributed by atoms with Crippen LogP contribution < -0.4 is 15.8 Å². The first-order chi connectivity index (χ1) is 9.93. The van der Waals surface area contributed by atoms with Crippen LogP contribution in [0, 0.1) is 0 Å². The normalized spacial score (nSPS) is 14.3. The molecular formula is C13H19N3O4S. The Kier molecular flexibility index (Phi) is 6.67. The average molecular weight is 313 g/mol. The van der Waals surface area contributed by atoms with Crippen molar-refractivity contribution in [1.29, 1.82) is 0 Å². The van der Waals surface area contributed by atoms with Crippen LogP contribution in [0.4, 0.5) is 0 Å². The van der Waals surface area contributed by atoms with Crippen molar-refractivity contribution in [3.63, 3.8) is 0 Å². The summed E-state index contributed by atoms with van der Waals surface area (Å²) in [5, 5.41) is 14.3. The maximum Gasteiger partial charge on any atom is 0.258 e. The van der Waals surface area contributed by atoms with Crippen LogP contribution in [0.1, 0.15) is 12.5 Å². The molecule has 0 spiro atoms. The Bertz CT molecular complexity index is 548. The number of nitrogens with zero attached hydrogens (tertiary/aromatic N) is 1. The fraction of sp³-hybridized carbons (Fsp3) is 0.385. The predicted octanol–water partition coefficient (Wildman–Crippen LogP) is 0.0431. The van der Waals surface area contributed by atoms with Crippen molar-refractivity contribution in [2.45, 2.75) is 13.0 Å². The first-order valence-corrected chi connectivity index (χ1v) is 7.96. The second-order valence-electron chi connectivity index (χ2n) is 4.48. The lowest BCUT2D eigenvalue weighted by atomic mass is 10.2. The van der Waals surface area contributed by atoms with E-state index in [0.717, 1.165) is 0 Å². The summed E-state index contributed by atoms with van der Waals surface area (Å²) < 4.78 is 16.4. The van der Waals surface area contributed by atoms with Crippen molar-refractivity contribution in [3.05, 3.63) is 29.8 Å². The van der Waals surface area contributed by atoms with E-state index < -0.39 is 10.8 Å². The zero-order valence-corrected chi connectivity index (χ0v) is 12.7. The molecule has 0 fully saturated rings. The van der Waals surface area contributed by atoms with Gasteiger partial charge in [0.2, 0.25) is 0 Å². The molecule has 0 aliphatic heterocycles. The minimum atomic E-state index is -0.979. The largest absolute Gasteiger partial charge is 0.483 e. The summed E-state index contributed by atoms with van der Waals surface area (Å²) in [5.74, 6) is 0.296. The molecule has 0 saturated carbocycles. The lowest BCUT2D eigenvalue weighted by Gasteiger charge is -2.14. The molecular weight excluding hydrogens is 294 g/mol. The van der Waals surface area contributed by atoms with Crippen LogP contribution in [0.15, 0.2) is 29.4 Å². The number of oxime groups is 1. The minimum absolute atomic E-state index is 0.0965. The third kappa shape index (κ3) is 5.82. The highest BCUT2D eigenvalue weighted by Gasteiger charge is 2.12. The molecule has 0 aliphatic rings. The lowest BCUT2D eigenvalue weighted by molar-refractivity contribution is -0.123. The Morgan fingerprint density at radius 2 is 2.19 bits per heavy atom. The molecule has 21 heavy (non-hydrogen) atoms. The molecule has 0 saturated heterocycles. The number of carbonyl (C=O) groups excluding carboxylic acids is 1. The third-order valence-corrected chi connectivity index (χ3v) is 3.49. The number of amides is 1. The van der Waals surface area contributed by atoms with Crippen LogP contribution in [-0.2, 0) is 15.6 Å². The van der Waals surface area contributed by atoms with Crippen molar-refractivity contribution in [2.75, 3.05) is 18.6 Å². The number of benzene rings is 1. The number of hydrogen-bond donors (Lipinski definition) is 3. The van der Waals surface area contributed by atoms with E-state index in [0.29, 0.717) is 17.1 Å². The number of hydrogen-bond acceptors (Lipinski definition) is 5. The number of para-hydroxylation sites is 1. The van der Waals surface area contributed by atoms with Crippen molar-refractivity contribution in [2.24, 2.45) is 10.9 Å². The molecule has 2 unspecified atom stereocenters. The van der Waals surface area contributed by atoms with Gasteiger partial charge in [-0.2, -0.15) is 0 Å². The Morgan fingerprint density at radius 3 is 2.81 bits per heavy atom. The molecule has 8 heteroatoms. The van der Waals surface area contributed by atoms with Crippen LogP contribution in [-0.4, -0.2) is 45.8 Å². The summed E-state index contributed by atoms with van der Waals surface area (Å²) in [6.45, 7) is 1.56. The predicted molar refractivity (Wildman–Crippen MR) is 81.0 cm³/mol. The van der Waals surface area contributed by atoms with Gasteiger partial charge in [-0.1, -0.05) is 17.3 Å². The standard InChI is InChI=1S/C13H19N3O4S/c1-9(8-21(2)19)15-12(17)7-20-11-6-4-3-5-10(11)13(14)16-18/h3-6,9,18H,7-8H2,1-2H3,(H2,14,16)(H,15,17). The molecule has 1 amide bonds. The second kappa shape index (κ2) is 8.25. The number of ether oxygens (including phenoxy) is 1. The van der Waals surface area contributed by atoms with E-state index in [1.807, 2.05) is 0 Å². The zero-order chi connectivity index (χ0) is 15.8. The Morgan fingerprint density at radius 1 is 1.52 bits per heavy atom. The first kappa shape index (κ1) is 17.0. The molecule has 1 aromatic carbocycles. The monoisotopic (exact) mass is 313 g/mol. The van der Waals surface area contributed by atoms with Gasteiger partial charge < -0.3 is 21.0 Å². The van der Waals surface area contributed by atoms with E-state index in [2.05, 4.69) is 10.5 Å². The topological polar surface area (TPSA) is 114 Å². The summed E-state index contributed by atoms with van der Waals surface area (Å²) in [6.07, 6.45) is 1.58. The van der Waals surface area contributed by atoms with E-state index in [9.17, 15) is 9.00 Å². The quantitative estimate of drug-likeness (QED) is 0.285. The molecule has 7 nitrogen and oxygen atoms in total. The minimum Gasteiger partial charge on any atom is -0.483 e. The molecule has 0 bridgehead atoms. The number of nitrogens with two attached hydrogens (primary N) is 1. The van der Waals surface area contributed by atoms with Crippen molar-refractivity contribution < 1.29 is 18.9 Å². The van der Waals surface area contributed by atoms with Gasteiger partial charge in [-0.3, -0.25) is 9.00 Å².